The molecule has 1 atom stereocenters. The van der Waals surface area contributed by atoms with Crippen LogP contribution in [0.4, 0.5) is 0 Å². The lowest BCUT2D eigenvalue weighted by Gasteiger charge is -2.29. The third kappa shape index (κ3) is 5.26. The van der Waals surface area contributed by atoms with Crippen LogP contribution in [0.25, 0.3) is 6.08 Å². The molecule has 0 spiro atoms. The van der Waals surface area contributed by atoms with E-state index in [9.17, 15) is 14.4 Å². The molecule has 0 fully saturated rings. The van der Waals surface area contributed by atoms with Crippen LogP contribution in [-0.4, -0.2) is 35.8 Å². The van der Waals surface area contributed by atoms with Crippen LogP contribution in [-0.2, 0) is 20.9 Å². The molecule has 174 valence electrons. The highest BCUT2D eigenvalue weighted by Gasteiger charge is 2.35. The highest BCUT2D eigenvalue weighted by atomic mass is 16.6. The molecule has 7 nitrogen and oxygen atoms in total. The van der Waals surface area contributed by atoms with Gasteiger partial charge in [-0.25, -0.2) is 0 Å². The minimum absolute atomic E-state index is 0.0337. The predicted molar refractivity (Wildman–Crippen MR) is 128 cm³/mol. The van der Waals surface area contributed by atoms with Crippen LogP contribution >= 0.6 is 0 Å². The first-order valence-electron chi connectivity index (χ1n) is 11.0. The van der Waals surface area contributed by atoms with Crippen LogP contribution in [0.2, 0.25) is 0 Å². The van der Waals surface area contributed by atoms with E-state index in [1.54, 1.807) is 29.2 Å². The average molecular weight is 459 g/mol. The normalized spacial score (nSPS) is 17.2. The summed E-state index contributed by atoms with van der Waals surface area (Å²) in [5.41, 5.74) is 3.52. The van der Waals surface area contributed by atoms with Gasteiger partial charge in [0.1, 0.15) is 0 Å². The molecule has 1 heterocycles. The molecule has 4 rings (SSSR count). The second kappa shape index (κ2) is 10.2. The topological polar surface area (TPSA) is 84.9 Å². The average Bonchev–Trinajstić information content (AvgIpc) is 3.14. The Kier molecular flexibility index (Phi) is 6.92. The third-order valence-electron chi connectivity index (χ3n) is 5.65. The van der Waals surface area contributed by atoms with E-state index in [-0.39, 0.29) is 23.6 Å². The van der Waals surface area contributed by atoms with Gasteiger partial charge in [-0.3, -0.25) is 14.4 Å². The molecule has 0 bridgehead atoms. The number of nitrogens with one attached hydrogen (secondary N) is 1. The Balaban J connectivity index is 1.47. The minimum Gasteiger partial charge on any atom is -0.493 e. The molecule has 2 amide bonds. The van der Waals surface area contributed by atoms with Crippen molar-refractivity contribution in [2.45, 2.75) is 32.4 Å². The molecule has 1 aliphatic carbocycles. The Morgan fingerprint density at radius 2 is 1.94 bits per heavy atom. The molecule has 1 aliphatic heterocycles. The largest absolute Gasteiger partial charge is 0.493 e. The lowest BCUT2D eigenvalue weighted by molar-refractivity contribution is -0.132. The fourth-order valence-corrected chi connectivity index (χ4v) is 4.16. The zero-order chi connectivity index (χ0) is 24.1. The van der Waals surface area contributed by atoms with Crippen LogP contribution < -0.4 is 14.8 Å². The summed E-state index contributed by atoms with van der Waals surface area (Å²) >= 11 is 0. The van der Waals surface area contributed by atoms with Gasteiger partial charge in [0, 0.05) is 18.7 Å². The van der Waals surface area contributed by atoms with E-state index in [1.165, 1.54) is 20.1 Å². The molecule has 34 heavy (non-hydrogen) atoms. The Bertz CT molecular complexity index is 1200. The number of carbonyl (C=O) groups excluding carboxylic acids is 3. The second-order valence-electron chi connectivity index (χ2n) is 8.09. The van der Waals surface area contributed by atoms with Crippen LogP contribution in [0.1, 0.15) is 30.9 Å². The fraction of sp³-hybridized carbons (Fsp3) is 0.222. The van der Waals surface area contributed by atoms with Crippen molar-refractivity contribution in [3.05, 3.63) is 89.2 Å². The van der Waals surface area contributed by atoms with Gasteiger partial charge < -0.3 is 19.7 Å². The Labute approximate surface area is 198 Å². The molecule has 0 aromatic heterocycles. The highest BCUT2D eigenvalue weighted by Crippen LogP contribution is 2.33. The van der Waals surface area contributed by atoms with Crippen molar-refractivity contribution in [3.63, 3.8) is 0 Å². The van der Waals surface area contributed by atoms with Gasteiger partial charge in [-0.2, -0.15) is 0 Å². The zero-order valence-corrected chi connectivity index (χ0v) is 19.1. The number of esters is 1. The van der Waals surface area contributed by atoms with E-state index in [4.69, 9.17) is 9.47 Å². The number of allylic oxidation sites excluding steroid dienone is 1. The van der Waals surface area contributed by atoms with Crippen molar-refractivity contribution < 1.29 is 23.9 Å². The molecule has 0 radical (unpaired) electrons. The van der Waals surface area contributed by atoms with Crippen LogP contribution in [0.3, 0.4) is 0 Å². The van der Waals surface area contributed by atoms with Gasteiger partial charge in [0.05, 0.1) is 26.1 Å². The number of methoxy groups -OCH3 is 1. The van der Waals surface area contributed by atoms with Crippen molar-refractivity contribution in [2.24, 2.45) is 0 Å². The maximum Gasteiger partial charge on any atom is 0.308 e. The first-order valence-corrected chi connectivity index (χ1v) is 11.0. The number of carbonyl (C=O) groups is 3. The second-order valence-corrected chi connectivity index (χ2v) is 8.09. The molecular weight excluding hydrogens is 432 g/mol. The van der Waals surface area contributed by atoms with E-state index in [0.29, 0.717) is 30.7 Å². The fourth-order valence-electron chi connectivity index (χ4n) is 4.16. The Morgan fingerprint density at radius 3 is 2.68 bits per heavy atom. The number of hydrogen-bond donors (Lipinski definition) is 1. The summed E-state index contributed by atoms with van der Waals surface area (Å²) in [6.45, 7) is 1.78. The summed E-state index contributed by atoms with van der Waals surface area (Å²) in [7, 11) is 1.49. The molecule has 0 saturated carbocycles. The standard InChI is InChI=1S/C27H26N2O5/c1-18(30)34-24-15-19(11-13-23(24)33-2)12-14-25(31)28-22-10-6-9-21-16-26(32)29(27(21)22)17-20-7-4-3-5-8-20/h3-9,11-15,22H,10,16-17H2,1-2H3,(H,28,31). The Morgan fingerprint density at radius 1 is 1.15 bits per heavy atom. The molecular formula is C27H26N2O5. The SMILES string of the molecule is COc1ccc(C=CC(=O)NC2CC=CC3=C2N(Cc2ccccc2)C(=O)C3)cc1OC(C)=O. The van der Waals surface area contributed by atoms with E-state index in [2.05, 4.69) is 5.32 Å². The first-order chi connectivity index (χ1) is 16.4. The van der Waals surface area contributed by atoms with Gasteiger partial charge >= 0.3 is 5.97 Å². The molecule has 2 aromatic carbocycles. The smallest absolute Gasteiger partial charge is 0.308 e. The van der Waals surface area contributed by atoms with Crippen molar-refractivity contribution in [1.82, 2.24) is 10.2 Å². The van der Waals surface area contributed by atoms with E-state index in [0.717, 1.165) is 16.8 Å². The number of nitrogens with zero attached hydrogens (tertiary/aromatic N) is 1. The predicted octanol–water partition coefficient (Wildman–Crippen LogP) is 3.77. The van der Waals surface area contributed by atoms with E-state index in [1.807, 2.05) is 42.5 Å². The summed E-state index contributed by atoms with van der Waals surface area (Å²) in [6.07, 6.45) is 7.97. The van der Waals surface area contributed by atoms with Crippen molar-refractivity contribution in [3.8, 4) is 11.5 Å². The molecule has 2 aromatic rings. The Hall–Kier alpha value is -4.13. The number of rotatable bonds is 7. The summed E-state index contributed by atoms with van der Waals surface area (Å²) in [6, 6.07) is 14.6. The zero-order valence-electron chi connectivity index (χ0n) is 19.1. The number of ether oxygens (including phenoxy) is 2. The number of amides is 2. The quantitative estimate of drug-likeness (QED) is 0.388. The van der Waals surface area contributed by atoms with E-state index >= 15 is 0 Å². The van der Waals surface area contributed by atoms with Gasteiger partial charge in [-0.05, 0) is 41.3 Å². The monoisotopic (exact) mass is 458 g/mol. The number of hydrogen-bond acceptors (Lipinski definition) is 5. The van der Waals surface area contributed by atoms with Crippen LogP contribution in [0.15, 0.2) is 78.0 Å². The van der Waals surface area contributed by atoms with Gasteiger partial charge in [-0.15, -0.1) is 0 Å². The van der Waals surface area contributed by atoms with Crippen LogP contribution in [0.5, 0.6) is 11.5 Å². The molecule has 1 unspecified atom stereocenters. The maximum absolute atomic E-state index is 12.7. The van der Waals surface area contributed by atoms with Gasteiger partial charge in [0.15, 0.2) is 11.5 Å². The van der Waals surface area contributed by atoms with Crippen molar-refractivity contribution in [2.75, 3.05) is 7.11 Å². The molecule has 2 aliphatic rings. The minimum atomic E-state index is -0.460. The van der Waals surface area contributed by atoms with Gasteiger partial charge in [0.2, 0.25) is 11.8 Å². The maximum atomic E-state index is 12.7. The molecule has 7 heteroatoms. The lowest BCUT2D eigenvalue weighted by Crippen LogP contribution is -2.41. The highest BCUT2D eigenvalue weighted by molar-refractivity contribution is 5.93. The molecule has 0 saturated heterocycles. The third-order valence-corrected chi connectivity index (χ3v) is 5.65. The summed E-state index contributed by atoms with van der Waals surface area (Å²) < 4.78 is 10.4. The summed E-state index contributed by atoms with van der Waals surface area (Å²) in [5.74, 6) is 0.000628. The first kappa shape index (κ1) is 23.0. The van der Waals surface area contributed by atoms with Crippen molar-refractivity contribution in [1.29, 1.82) is 0 Å². The summed E-state index contributed by atoms with van der Waals surface area (Å²) in [4.78, 5) is 38.6. The van der Waals surface area contributed by atoms with Crippen molar-refractivity contribution >= 4 is 23.9 Å². The van der Waals surface area contributed by atoms with Gasteiger partial charge in [0.25, 0.3) is 0 Å². The van der Waals surface area contributed by atoms with Gasteiger partial charge in [-0.1, -0.05) is 48.6 Å². The lowest BCUT2D eigenvalue weighted by atomic mass is 9.98. The number of benzene rings is 2. The van der Waals surface area contributed by atoms with E-state index < -0.39 is 5.97 Å². The summed E-state index contributed by atoms with van der Waals surface area (Å²) in [5, 5.41) is 3.03. The van der Waals surface area contributed by atoms with Crippen LogP contribution in [0, 0.1) is 0 Å². The molecule has 1 N–H and O–H groups in total.